The van der Waals surface area contributed by atoms with E-state index in [-0.39, 0.29) is 6.10 Å². The molecule has 0 unspecified atom stereocenters. The van der Waals surface area contributed by atoms with Gasteiger partial charge in [-0.05, 0) is 32.6 Å². The average molecular weight is 409 g/mol. The van der Waals surface area contributed by atoms with Gasteiger partial charge >= 0.3 is 0 Å². The molecule has 9 nitrogen and oxygen atoms in total. The second-order valence-electron chi connectivity index (χ2n) is 7.25. The van der Waals surface area contributed by atoms with E-state index in [1.807, 2.05) is 14.0 Å². The van der Waals surface area contributed by atoms with Gasteiger partial charge in [0, 0.05) is 19.3 Å². The molecule has 1 N–H and O–H groups in total. The number of ether oxygens (including phenoxy) is 2. The van der Waals surface area contributed by atoms with Gasteiger partial charge < -0.3 is 14.8 Å². The molecule has 1 aliphatic rings. The first-order valence-electron chi connectivity index (χ1n) is 10.4. The lowest BCUT2D eigenvalue weighted by molar-refractivity contribution is 0.154. The van der Waals surface area contributed by atoms with Crippen molar-refractivity contribution in [3.05, 3.63) is 36.5 Å². The van der Waals surface area contributed by atoms with Gasteiger partial charge in [-0.3, -0.25) is 4.68 Å². The highest BCUT2D eigenvalue weighted by Gasteiger charge is 2.17. The molecule has 3 aromatic rings. The van der Waals surface area contributed by atoms with Crippen molar-refractivity contribution in [2.45, 2.75) is 51.7 Å². The maximum atomic E-state index is 6.03. The van der Waals surface area contributed by atoms with Crippen molar-refractivity contribution in [2.75, 3.05) is 11.9 Å². The average Bonchev–Trinajstić information content (AvgIpc) is 3.14. The largest absolute Gasteiger partial charge is 0.487 e. The van der Waals surface area contributed by atoms with Gasteiger partial charge in [-0.2, -0.15) is 10.1 Å². The minimum absolute atomic E-state index is 0.277. The smallest absolute Gasteiger partial charge is 0.226 e. The molecule has 158 valence electrons. The van der Waals surface area contributed by atoms with Crippen LogP contribution in [0.3, 0.4) is 0 Å². The second kappa shape index (κ2) is 9.51. The maximum absolute atomic E-state index is 6.03. The van der Waals surface area contributed by atoms with Gasteiger partial charge in [-0.25, -0.2) is 15.0 Å². The summed E-state index contributed by atoms with van der Waals surface area (Å²) in [6.07, 6.45) is 13.2. The molecule has 0 saturated heterocycles. The van der Waals surface area contributed by atoms with E-state index in [1.54, 1.807) is 35.5 Å². The Hall–Kier alpha value is -3.23. The van der Waals surface area contributed by atoms with E-state index in [1.165, 1.54) is 19.3 Å². The van der Waals surface area contributed by atoms with Crippen LogP contribution in [0.1, 0.15) is 44.7 Å². The standard InChI is InChI=1S/C21H27N7O2/c1-3-29-19-9-10-22-21(27-19)25-14-18-17(13-26-28(18)2)20-23-11-16(12-24-20)30-15-7-5-4-6-8-15/h9-13,15H,3-8,14H2,1-2H3,(H,22,25,27). The summed E-state index contributed by atoms with van der Waals surface area (Å²) < 4.78 is 13.3. The summed E-state index contributed by atoms with van der Waals surface area (Å²) in [7, 11) is 1.89. The zero-order valence-corrected chi connectivity index (χ0v) is 17.4. The van der Waals surface area contributed by atoms with Crippen LogP contribution in [0.15, 0.2) is 30.9 Å². The summed E-state index contributed by atoms with van der Waals surface area (Å²) >= 11 is 0. The Kier molecular flexibility index (Phi) is 6.36. The summed E-state index contributed by atoms with van der Waals surface area (Å²) in [5.74, 6) is 2.36. The number of rotatable bonds is 8. The van der Waals surface area contributed by atoms with E-state index in [4.69, 9.17) is 9.47 Å². The minimum Gasteiger partial charge on any atom is -0.487 e. The first kappa shape index (κ1) is 20.1. The summed E-state index contributed by atoms with van der Waals surface area (Å²) in [4.78, 5) is 17.6. The lowest BCUT2D eigenvalue weighted by Gasteiger charge is -2.22. The van der Waals surface area contributed by atoms with Crippen LogP contribution < -0.4 is 14.8 Å². The van der Waals surface area contributed by atoms with Crippen LogP contribution in [-0.2, 0) is 13.6 Å². The Balaban J connectivity index is 1.44. The lowest BCUT2D eigenvalue weighted by Crippen LogP contribution is -2.19. The first-order valence-corrected chi connectivity index (χ1v) is 10.4. The predicted octanol–water partition coefficient (Wildman–Crippen LogP) is 3.39. The lowest BCUT2D eigenvalue weighted by atomic mass is 9.98. The van der Waals surface area contributed by atoms with Crippen molar-refractivity contribution >= 4 is 5.95 Å². The Morgan fingerprint density at radius 3 is 2.67 bits per heavy atom. The summed E-state index contributed by atoms with van der Waals surface area (Å²) in [6, 6.07) is 1.73. The summed E-state index contributed by atoms with van der Waals surface area (Å²) in [5, 5.41) is 7.59. The third-order valence-electron chi connectivity index (χ3n) is 5.12. The van der Waals surface area contributed by atoms with Crippen LogP contribution in [0.5, 0.6) is 11.6 Å². The Labute approximate surface area is 175 Å². The SMILES string of the molecule is CCOc1ccnc(NCc2c(-c3ncc(OC4CCCCC4)cn3)cnn2C)n1. The van der Waals surface area contributed by atoms with Crippen molar-refractivity contribution in [1.29, 1.82) is 0 Å². The number of nitrogens with one attached hydrogen (secondary N) is 1. The molecule has 1 fully saturated rings. The molecule has 0 atom stereocenters. The van der Waals surface area contributed by atoms with E-state index < -0.39 is 0 Å². The highest BCUT2D eigenvalue weighted by Crippen LogP contribution is 2.25. The fraction of sp³-hybridized carbons (Fsp3) is 0.476. The molecular weight excluding hydrogens is 382 g/mol. The fourth-order valence-electron chi connectivity index (χ4n) is 3.57. The van der Waals surface area contributed by atoms with Gasteiger partial charge in [0.05, 0.1) is 49.1 Å². The molecule has 0 amide bonds. The van der Waals surface area contributed by atoms with Gasteiger partial charge in [-0.15, -0.1) is 0 Å². The van der Waals surface area contributed by atoms with Crippen molar-refractivity contribution in [2.24, 2.45) is 7.05 Å². The molecule has 3 aromatic heterocycles. The van der Waals surface area contributed by atoms with E-state index in [0.717, 1.165) is 29.8 Å². The number of anilines is 1. The van der Waals surface area contributed by atoms with E-state index in [9.17, 15) is 0 Å². The topological polar surface area (TPSA) is 99.9 Å². The van der Waals surface area contributed by atoms with E-state index in [2.05, 4.69) is 30.4 Å². The summed E-state index contributed by atoms with van der Waals surface area (Å²) in [6.45, 7) is 2.95. The van der Waals surface area contributed by atoms with Crippen molar-refractivity contribution in [3.8, 4) is 23.0 Å². The first-order chi connectivity index (χ1) is 14.7. The van der Waals surface area contributed by atoms with Crippen LogP contribution in [0, 0.1) is 0 Å². The molecule has 1 saturated carbocycles. The molecule has 4 rings (SSSR count). The zero-order chi connectivity index (χ0) is 20.8. The minimum atomic E-state index is 0.277. The van der Waals surface area contributed by atoms with Gasteiger partial charge in [-0.1, -0.05) is 6.42 Å². The number of hydrogen-bond acceptors (Lipinski definition) is 8. The molecule has 0 aromatic carbocycles. The van der Waals surface area contributed by atoms with Gasteiger partial charge in [0.2, 0.25) is 11.8 Å². The molecule has 0 bridgehead atoms. The van der Waals surface area contributed by atoms with E-state index >= 15 is 0 Å². The number of hydrogen-bond donors (Lipinski definition) is 1. The van der Waals surface area contributed by atoms with Crippen molar-refractivity contribution in [1.82, 2.24) is 29.7 Å². The highest BCUT2D eigenvalue weighted by atomic mass is 16.5. The van der Waals surface area contributed by atoms with E-state index in [0.29, 0.717) is 30.8 Å². The van der Waals surface area contributed by atoms with Gasteiger partial charge in [0.25, 0.3) is 0 Å². The second-order valence-corrected chi connectivity index (χ2v) is 7.25. The van der Waals surface area contributed by atoms with Crippen LogP contribution in [-0.4, -0.2) is 42.4 Å². The maximum Gasteiger partial charge on any atom is 0.226 e. The molecule has 1 aliphatic carbocycles. The van der Waals surface area contributed by atoms with Crippen LogP contribution in [0.2, 0.25) is 0 Å². The zero-order valence-electron chi connectivity index (χ0n) is 17.4. The fourth-order valence-corrected chi connectivity index (χ4v) is 3.57. The molecule has 0 radical (unpaired) electrons. The molecular formula is C21H27N7O2. The van der Waals surface area contributed by atoms with Crippen molar-refractivity contribution in [3.63, 3.8) is 0 Å². The van der Waals surface area contributed by atoms with Crippen molar-refractivity contribution < 1.29 is 9.47 Å². The highest BCUT2D eigenvalue weighted by molar-refractivity contribution is 5.58. The molecule has 9 heteroatoms. The predicted molar refractivity (Wildman–Crippen MR) is 112 cm³/mol. The Bertz CT molecular complexity index is 952. The number of aromatic nitrogens is 6. The Morgan fingerprint density at radius 2 is 1.90 bits per heavy atom. The number of nitrogens with zero attached hydrogens (tertiary/aromatic N) is 6. The van der Waals surface area contributed by atoms with Gasteiger partial charge in [0.1, 0.15) is 0 Å². The van der Waals surface area contributed by atoms with Crippen LogP contribution >= 0.6 is 0 Å². The van der Waals surface area contributed by atoms with Gasteiger partial charge in [0.15, 0.2) is 11.6 Å². The molecule has 0 aliphatic heterocycles. The third-order valence-corrected chi connectivity index (χ3v) is 5.12. The molecule has 30 heavy (non-hydrogen) atoms. The quantitative estimate of drug-likeness (QED) is 0.604. The number of aryl methyl sites for hydroxylation is 1. The molecule has 0 spiro atoms. The normalized spacial score (nSPS) is 14.5. The monoisotopic (exact) mass is 409 g/mol. The van der Waals surface area contributed by atoms with Crippen LogP contribution in [0.25, 0.3) is 11.4 Å². The van der Waals surface area contributed by atoms with Crippen LogP contribution in [0.4, 0.5) is 5.95 Å². The third kappa shape index (κ3) is 4.84. The molecule has 3 heterocycles. The summed E-state index contributed by atoms with van der Waals surface area (Å²) in [5.41, 5.74) is 1.79. The Morgan fingerprint density at radius 1 is 1.10 bits per heavy atom.